The maximum atomic E-state index is 10.8. The Morgan fingerprint density at radius 1 is 1.23 bits per heavy atom. The maximum Gasteiger partial charge on any atom is 0.123 e. The SMILES string of the molecule is CC(C)[C@@H]1[C@H](C=O)[C@H]1C1CCCC1. The molecule has 0 N–H and O–H groups in total. The van der Waals surface area contributed by atoms with Crippen LogP contribution in [0.15, 0.2) is 0 Å². The van der Waals surface area contributed by atoms with Gasteiger partial charge < -0.3 is 4.79 Å². The molecule has 2 aliphatic rings. The molecule has 0 aromatic heterocycles. The van der Waals surface area contributed by atoms with Crippen LogP contribution in [0.2, 0.25) is 0 Å². The van der Waals surface area contributed by atoms with Gasteiger partial charge in [0.05, 0.1) is 0 Å². The summed E-state index contributed by atoms with van der Waals surface area (Å²) in [7, 11) is 0. The molecular weight excluding hydrogens is 160 g/mol. The van der Waals surface area contributed by atoms with E-state index in [0.717, 1.165) is 17.8 Å². The lowest BCUT2D eigenvalue weighted by atomic mass is 9.97. The first kappa shape index (κ1) is 9.23. The molecule has 0 heterocycles. The van der Waals surface area contributed by atoms with E-state index in [2.05, 4.69) is 13.8 Å². The lowest BCUT2D eigenvalue weighted by Crippen LogP contribution is -2.01. The fourth-order valence-electron chi connectivity index (χ4n) is 3.43. The number of rotatable bonds is 3. The first-order valence-corrected chi connectivity index (χ1v) is 5.71. The molecule has 1 heteroatoms. The smallest absolute Gasteiger partial charge is 0.123 e. The number of carbonyl (C=O) groups is 1. The van der Waals surface area contributed by atoms with Gasteiger partial charge in [-0.25, -0.2) is 0 Å². The monoisotopic (exact) mass is 180 g/mol. The van der Waals surface area contributed by atoms with Crippen LogP contribution < -0.4 is 0 Å². The van der Waals surface area contributed by atoms with Crippen LogP contribution in [0.1, 0.15) is 39.5 Å². The molecule has 2 rings (SSSR count). The minimum absolute atomic E-state index is 0.420. The van der Waals surface area contributed by atoms with E-state index >= 15 is 0 Å². The topological polar surface area (TPSA) is 17.1 Å². The Kier molecular flexibility index (Phi) is 2.44. The van der Waals surface area contributed by atoms with Gasteiger partial charge in [-0.3, -0.25) is 0 Å². The fraction of sp³-hybridized carbons (Fsp3) is 0.917. The molecule has 0 aromatic carbocycles. The highest BCUT2D eigenvalue weighted by molar-refractivity contribution is 5.59. The molecule has 13 heavy (non-hydrogen) atoms. The first-order valence-electron chi connectivity index (χ1n) is 5.71. The summed E-state index contributed by atoms with van der Waals surface area (Å²) in [6.07, 6.45) is 6.79. The third-order valence-electron chi connectivity index (χ3n) is 4.06. The van der Waals surface area contributed by atoms with E-state index in [0.29, 0.717) is 11.8 Å². The van der Waals surface area contributed by atoms with Crippen molar-refractivity contribution in [1.29, 1.82) is 0 Å². The van der Waals surface area contributed by atoms with Crippen molar-refractivity contribution in [3.63, 3.8) is 0 Å². The Balaban J connectivity index is 1.96. The number of hydrogen-bond acceptors (Lipinski definition) is 1. The summed E-state index contributed by atoms with van der Waals surface area (Å²) in [5.74, 6) is 3.51. The molecule has 2 aliphatic carbocycles. The Morgan fingerprint density at radius 3 is 2.23 bits per heavy atom. The van der Waals surface area contributed by atoms with Crippen molar-refractivity contribution in [3.8, 4) is 0 Å². The average Bonchev–Trinajstić information content (AvgIpc) is 2.60. The zero-order valence-electron chi connectivity index (χ0n) is 8.70. The zero-order chi connectivity index (χ0) is 9.42. The highest BCUT2D eigenvalue weighted by atomic mass is 16.1. The molecule has 0 amide bonds. The van der Waals surface area contributed by atoms with Crippen LogP contribution in [0.3, 0.4) is 0 Å². The number of hydrogen-bond donors (Lipinski definition) is 0. The van der Waals surface area contributed by atoms with Crippen molar-refractivity contribution < 1.29 is 4.79 Å². The van der Waals surface area contributed by atoms with E-state index in [1.165, 1.54) is 32.0 Å². The predicted molar refractivity (Wildman–Crippen MR) is 53.3 cm³/mol. The van der Waals surface area contributed by atoms with Crippen molar-refractivity contribution in [2.45, 2.75) is 39.5 Å². The molecular formula is C12H20O. The highest BCUT2D eigenvalue weighted by Gasteiger charge is 2.54. The van der Waals surface area contributed by atoms with Crippen molar-refractivity contribution in [2.24, 2.45) is 29.6 Å². The van der Waals surface area contributed by atoms with Crippen molar-refractivity contribution in [2.75, 3.05) is 0 Å². The molecule has 2 fully saturated rings. The van der Waals surface area contributed by atoms with Crippen LogP contribution in [-0.2, 0) is 4.79 Å². The van der Waals surface area contributed by atoms with Crippen molar-refractivity contribution >= 4 is 6.29 Å². The van der Waals surface area contributed by atoms with Crippen LogP contribution in [-0.4, -0.2) is 6.29 Å². The Labute approximate surface area is 80.9 Å². The van der Waals surface area contributed by atoms with E-state index in [1.54, 1.807) is 0 Å². The van der Waals surface area contributed by atoms with Crippen LogP contribution in [0.5, 0.6) is 0 Å². The number of carbonyl (C=O) groups excluding carboxylic acids is 1. The van der Waals surface area contributed by atoms with E-state index in [4.69, 9.17) is 0 Å². The third kappa shape index (κ3) is 1.53. The minimum atomic E-state index is 0.420. The summed E-state index contributed by atoms with van der Waals surface area (Å²) >= 11 is 0. The fourth-order valence-corrected chi connectivity index (χ4v) is 3.43. The number of aldehydes is 1. The highest BCUT2D eigenvalue weighted by Crippen LogP contribution is 2.57. The van der Waals surface area contributed by atoms with Crippen LogP contribution in [0, 0.1) is 29.6 Å². The lowest BCUT2D eigenvalue weighted by Gasteiger charge is -2.08. The molecule has 0 unspecified atom stereocenters. The maximum absolute atomic E-state index is 10.8. The lowest BCUT2D eigenvalue weighted by molar-refractivity contribution is -0.109. The van der Waals surface area contributed by atoms with Crippen LogP contribution >= 0.6 is 0 Å². The van der Waals surface area contributed by atoms with Gasteiger partial charge in [-0.1, -0.05) is 39.5 Å². The van der Waals surface area contributed by atoms with Gasteiger partial charge in [0.25, 0.3) is 0 Å². The third-order valence-corrected chi connectivity index (χ3v) is 4.06. The predicted octanol–water partition coefficient (Wildman–Crippen LogP) is 2.89. The van der Waals surface area contributed by atoms with E-state index < -0.39 is 0 Å². The van der Waals surface area contributed by atoms with E-state index in [-0.39, 0.29) is 0 Å². The van der Waals surface area contributed by atoms with Gasteiger partial charge in [-0.05, 0) is 23.7 Å². The minimum Gasteiger partial charge on any atom is -0.303 e. The van der Waals surface area contributed by atoms with Crippen LogP contribution in [0.25, 0.3) is 0 Å². The van der Waals surface area contributed by atoms with Crippen molar-refractivity contribution in [1.82, 2.24) is 0 Å². The quantitative estimate of drug-likeness (QED) is 0.610. The van der Waals surface area contributed by atoms with Gasteiger partial charge in [-0.15, -0.1) is 0 Å². The summed E-state index contributed by atoms with van der Waals surface area (Å²) in [5, 5.41) is 0. The second-order valence-corrected chi connectivity index (χ2v) is 5.16. The Morgan fingerprint density at radius 2 is 1.85 bits per heavy atom. The largest absolute Gasteiger partial charge is 0.303 e. The zero-order valence-corrected chi connectivity index (χ0v) is 8.70. The van der Waals surface area contributed by atoms with Crippen molar-refractivity contribution in [3.05, 3.63) is 0 Å². The molecule has 0 bridgehead atoms. The standard InChI is InChI=1S/C12H20O/c1-8(2)11-10(7-13)12(11)9-5-3-4-6-9/h7-12H,3-6H2,1-2H3/t10-,11+,12+/m0/s1. The summed E-state index contributed by atoms with van der Waals surface area (Å²) in [4.78, 5) is 10.8. The molecule has 0 spiro atoms. The molecule has 0 aromatic rings. The van der Waals surface area contributed by atoms with Gasteiger partial charge in [-0.2, -0.15) is 0 Å². The summed E-state index contributed by atoms with van der Waals surface area (Å²) < 4.78 is 0. The van der Waals surface area contributed by atoms with E-state index in [9.17, 15) is 4.79 Å². The first-order chi connectivity index (χ1) is 6.25. The normalized spacial score (nSPS) is 39.8. The molecule has 2 saturated carbocycles. The molecule has 0 saturated heterocycles. The van der Waals surface area contributed by atoms with Gasteiger partial charge in [0.2, 0.25) is 0 Å². The van der Waals surface area contributed by atoms with Crippen LogP contribution in [0.4, 0.5) is 0 Å². The summed E-state index contributed by atoms with van der Waals surface area (Å²) in [5.41, 5.74) is 0. The Bertz CT molecular complexity index is 191. The Hall–Kier alpha value is -0.330. The molecule has 0 aliphatic heterocycles. The van der Waals surface area contributed by atoms with Gasteiger partial charge in [0.15, 0.2) is 0 Å². The molecule has 0 radical (unpaired) electrons. The van der Waals surface area contributed by atoms with Gasteiger partial charge in [0.1, 0.15) is 6.29 Å². The van der Waals surface area contributed by atoms with Gasteiger partial charge >= 0.3 is 0 Å². The summed E-state index contributed by atoms with van der Waals surface area (Å²) in [6.45, 7) is 4.52. The second-order valence-electron chi connectivity index (χ2n) is 5.16. The summed E-state index contributed by atoms with van der Waals surface area (Å²) in [6, 6.07) is 0. The van der Waals surface area contributed by atoms with Gasteiger partial charge in [0, 0.05) is 5.92 Å². The molecule has 1 nitrogen and oxygen atoms in total. The molecule has 3 atom stereocenters. The second kappa shape index (κ2) is 3.43. The van der Waals surface area contributed by atoms with E-state index in [1.807, 2.05) is 0 Å². The average molecular weight is 180 g/mol. The molecule has 74 valence electrons.